The molecule has 0 radical (unpaired) electrons. The zero-order chi connectivity index (χ0) is 16.3. The molecule has 0 saturated heterocycles. The largest absolute Gasteiger partial charge is 0.478 e. The number of nitrogens with zero attached hydrogens (tertiary/aromatic N) is 2. The molecule has 0 aliphatic rings. The molecular formula is C15H15N3O4. The van der Waals surface area contributed by atoms with Gasteiger partial charge in [0.15, 0.2) is 0 Å². The molecule has 1 aromatic heterocycles. The Morgan fingerprint density at radius 3 is 2.41 bits per heavy atom. The molecule has 1 aromatic carbocycles. The number of para-hydroxylation sites is 1. The maximum absolute atomic E-state index is 12.2. The maximum atomic E-state index is 12.2. The number of hydrogen-bond donors (Lipinski definition) is 2. The number of carboxylic acids is 1. The molecule has 2 N–H and O–H groups in total. The standard InChI is InChI=1S/C15H15N3O4/c1-10-14(16-12(19)8-9-13(20)21)15(22)17(2)18(10)11-6-4-3-5-7-11/h3-9H,1-2H3,(H,16,19)(H,20,21). The van der Waals surface area contributed by atoms with E-state index in [1.165, 1.54) is 4.68 Å². The summed E-state index contributed by atoms with van der Waals surface area (Å²) in [6, 6.07) is 9.21. The van der Waals surface area contributed by atoms with Gasteiger partial charge in [0, 0.05) is 19.2 Å². The van der Waals surface area contributed by atoms with Crippen LogP contribution in [0.25, 0.3) is 5.69 Å². The molecule has 1 heterocycles. The quantitative estimate of drug-likeness (QED) is 0.826. The number of nitrogens with one attached hydrogen (secondary N) is 1. The van der Waals surface area contributed by atoms with Crippen molar-refractivity contribution in [1.29, 1.82) is 0 Å². The van der Waals surface area contributed by atoms with Gasteiger partial charge in [0.2, 0.25) is 5.91 Å². The summed E-state index contributed by atoms with van der Waals surface area (Å²) in [6.07, 6.45) is 1.57. The van der Waals surface area contributed by atoms with Gasteiger partial charge in [0.05, 0.1) is 11.4 Å². The molecular weight excluding hydrogens is 286 g/mol. The van der Waals surface area contributed by atoms with Crippen LogP contribution in [-0.2, 0) is 16.6 Å². The van der Waals surface area contributed by atoms with Gasteiger partial charge in [-0.1, -0.05) is 18.2 Å². The van der Waals surface area contributed by atoms with Gasteiger partial charge >= 0.3 is 5.97 Å². The Morgan fingerprint density at radius 1 is 1.18 bits per heavy atom. The number of benzene rings is 1. The van der Waals surface area contributed by atoms with Crippen molar-refractivity contribution in [3.63, 3.8) is 0 Å². The Kier molecular flexibility index (Phi) is 4.26. The number of carbonyl (C=O) groups excluding carboxylic acids is 1. The lowest BCUT2D eigenvalue weighted by molar-refractivity contribution is -0.131. The summed E-state index contributed by atoms with van der Waals surface area (Å²) in [4.78, 5) is 34.3. The number of aromatic nitrogens is 2. The first-order valence-corrected chi connectivity index (χ1v) is 6.48. The molecule has 22 heavy (non-hydrogen) atoms. The van der Waals surface area contributed by atoms with Crippen molar-refractivity contribution in [3.8, 4) is 5.69 Å². The van der Waals surface area contributed by atoms with E-state index in [1.54, 1.807) is 18.7 Å². The molecule has 114 valence electrons. The third kappa shape index (κ3) is 2.98. The number of aliphatic carboxylic acids is 1. The highest BCUT2D eigenvalue weighted by molar-refractivity contribution is 6.02. The fourth-order valence-electron chi connectivity index (χ4n) is 2.13. The van der Waals surface area contributed by atoms with Crippen LogP contribution in [0.15, 0.2) is 47.3 Å². The minimum atomic E-state index is -1.23. The molecule has 0 unspecified atom stereocenters. The highest BCUT2D eigenvalue weighted by Gasteiger charge is 2.17. The number of hydrogen-bond acceptors (Lipinski definition) is 3. The summed E-state index contributed by atoms with van der Waals surface area (Å²) < 4.78 is 3.04. The van der Waals surface area contributed by atoms with Crippen LogP contribution in [0, 0.1) is 6.92 Å². The smallest absolute Gasteiger partial charge is 0.328 e. The van der Waals surface area contributed by atoms with Crippen molar-refractivity contribution in [2.75, 3.05) is 5.32 Å². The van der Waals surface area contributed by atoms with E-state index in [2.05, 4.69) is 5.32 Å². The molecule has 1 amide bonds. The second kappa shape index (κ2) is 6.13. The molecule has 7 nitrogen and oxygen atoms in total. The van der Waals surface area contributed by atoms with E-state index in [-0.39, 0.29) is 11.2 Å². The molecule has 0 aliphatic carbocycles. The molecule has 0 atom stereocenters. The number of carboxylic acid groups (broad SMARTS) is 1. The van der Waals surface area contributed by atoms with Crippen LogP contribution in [0.3, 0.4) is 0 Å². The average Bonchev–Trinajstić information content (AvgIpc) is 2.70. The van der Waals surface area contributed by atoms with Gasteiger partial charge in [-0.3, -0.25) is 14.3 Å². The van der Waals surface area contributed by atoms with Crippen LogP contribution < -0.4 is 10.9 Å². The van der Waals surface area contributed by atoms with Crippen LogP contribution in [0.1, 0.15) is 5.69 Å². The van der Waals surface area contributed by atoms with E-state index in [0.717, 1.165) is 11.8 Å². The fourth-order valence-corrected chi connectivity index (χ4v) is 2.13. The number of rotatable bonds is 4. The fraction of sp³-hybridized carbons (Fsp3) is 0.133. The first kappa shape index (κ1) is 15.3. The first-order valence-electron chi connectivity index (χ1n) is 6.48. The van der Waals surface area contributed by atoms with Crippen molar-refractivity contribution in [2.45, 2.75) is 6.92 Å². The molecule has 2 rings (SSSR count). The first-order chi connectivity index (χ1) is 10.4. The summed E-state index contributed by atoms with van der Waals surface area (Å²) in [5.41, 5.74) is 1.07. The Balaban J connectivity index is 2.41. The highest BCUT2D eigenvalue weighted by atomic mass is 16.4. The number of anilines is 1. The highest BCUT2D eigenvalue weighted by Crippen LogP contribution is 2.16. The molecule has 2 aromatic rings. The van der Waals surface area contributed by atoms with Gasteiger partial charge in [-0.2, -0.15) is 0 Å². The van der Waals surface area contributed by atoms with Crippen LogP contribution in [0.2, 0.25) is 0 Å². The van der Waals surface area contributed by atoms with Gasteiger partial charge in [-0.15, -0.1) is 0 Å². The molecule has 0 bridgehead atoms. The SMILES string of the molecule is Cc1c(NC(=O)C=CC(=O)O)c(=O)n(C)n1-c1ccccc1. The van der Waals surface area contributed by atoms with Crippen molar-refractivity contribution in [2.24, 2.45) is 7.05 Å². The van der Waals surface area contributed by atoms with Crippen molar-refractivity contribution in [3.05, 3.63) is 58.5 Å². The van der Waals surface area contributed by atoms with Gasteiger partial charge in [-0.25, -0.2) is 9.48 Å². The van der Waals surface area contributed by atoms with Crippen LogP contribution in [0.4, 0.5) is 5.69 Å². The third-order valence-electron chi connectivity index (χ3n) is 3.11. The molecule has 0 aliphatic heterocycles. The van der Waals surface area contributed by atoms with Crippen LogP contribution >= 0.6 is 0 Å². The normalized spacial score (nSPS) is 10.8. The summed E-state index contributed by atoms with van der Waals surface area (Å²) >= 11 is 0. The Bertz CT molecular complexity index is 800. The van der Waals surface area contributed by atoms with E-state index in [0.29, 0.717) is 11.8 Å². The maximum Gasteiger partial charge on any atom is 0.328 e. The molecule has 0 saturated carbocycles. The van der Waals surface area contributed by atoms with Crippen molar-refractivity contribution in [1.82, 2.24) is 9.36 Å². The Hall–Kier alpha value is -3.09. The number of amides is 1. The summed E-state index contributed by atoms with van der Waals surface area (Å²) in [5, 5.41) is 10.9. The predicted molar refractivity (Wildman–Crippen MR) is 81.2 cm³/mol. The molecule has 7 heteroatoms. The summed E-state index contributed by atoms with van der Waals surface area (Å²) in [7, 11) is 1.59. The van der Waals surface area contributed by atoms with E-state index in [9.17, 15) is 14.4 Å². The second-order valence-electron chi connectivity index (χ2n) is 4.60. The monoisotopic (exact) mass is 301 g/mol. The van der Waals surface area contributed by atoms with Gasteiger partial charge < -0.3 is 10.4 Å². The average molecular weight is 301 g/mol. The lowest BCUT2D eigenvalue weighted by atomic mass is 10.3. The van der Waals surface area contributed by atoms with Gasteiger partial charge in [0.1, 0.15) is 5.69 Å². The predicted octanol–water partition coefficient (Wildman–Crippen LogP) is 1.06. The topological polar surface area (TPSA) is 93.3 Å². The second-order valence-corrected chi connectivity index (χ2v) is 4.60. The minimum Gasteiger partial charge on any atom is -0.478 e. The summed E-state index contributed by atoms with van der Waals surface area (Å²) in [6.45, 7) is 1.70. The molecule has 0 fully saturated rings. The van der Waals surface area contributed by atoms with E-state index < -0.39 is 11.9 Å². The zero-order valence-corrected chi connectivity index (χ0v) is 12.1. The van der Waals surface area contributed by atoms with E-state index in [1.807, 2.05) is 30.3 Å². The van der Waals surface area contributed by atoms with Crippen LogP contribution in [-0.4, -0.2) is 26.3 Å². The van der Waals surface area contributed by atoms with Gasteiger partial charge in [0.25, 0.3) is 5.56 Å². The summed E-state index contributed by atoms with van der Waals surface area (Å²) in [5.74, 6) is -1.91. The Labute approximate surface area is 126 Å². The van der Waals surface area contributed by atoms with Crippen molar-refractivity contribution >= 4 is 17.6 Å². The zero-order valence-electron chi connectivity index (χ0n) is 12.1. The van der Waals surface area contributed by atoms with Crippen molar-refractivity contribution < 1.29 is 14.7 Å². The minimum absolute atomic E-state index is 0.117. The number of carbonyl (C=O) groups is 2. The molecule has 0 spiro atoms. The third-order valence-corrected chi connectivity index (χ3v) is 3.11. The van der Waals surface area contributed by atoms with Crippen LogP contribution in [0.5, 0.6) is 0 Å². The lowest BCUT2D eigenvalue weighted by Gasteiger charge is -2.09. The van der Waals surface area contributed by atoms with Gasteiger partial charge in [-0.05, 0) is 19.1 Å². The lowest BCUT2D eigenvalue weighted by Crippen LogP contribution is -2.21. The van der Waals surface area contributed by atoms with E-state index >= 15 is 0 Å². The van der Waals surface area contributed by atoms with E-state index in [4.69, 9.17) is 5.11 Å². The Morgan fingerprint density at radius 2 is 1.82 bits per heavy atom.